The highest BCUT2D eigenvalue weighted by atomic mass is 16.6. The van der Waals surface area contributed by atoms with Gasteiger partial charge in [0.25, 0.3) is 5.91 Å². The number of Topliss-reactive ketones (excluding diaryl/α,β-unsaturated/α-hetero) is 1. The van der Waals surface area contributed by atoms with E-state index in [0.29, 0.717) is 48.0 Å². The van der Waals surface area contributed by atoms with Crippen LogP contribution in [0, 0.1) is 13.8 Å². The first kappa shape index (κ1) is 16.1. The van der Waals surface area contributed by atoms with Crippen LogP contribution in [0.25, 0.3) is 0 Å². The second-order valence-corrected chi connectivity index (χ2v) is 5.84. The predicted octanol–water partition coefficient (Wildman–Crippen LogP) is 2.54. The van der Waals surface area contributed by atoms with Crippen LogP contribution in [-0.2, 0) is 6.54 Å². The molecule has 2 heterocycles. The van der Waals surface area contributed by atoms with Crippen molar-refractivity contribution in [3.8, 4) is 11.5 Å². The number of aromatic amines is 1. The zero-order valence-corrected chi connectivity index (χ0v) is 14.0. The fourth-order valence-corrected chi connectivity index (χ4v) is 2.97. The molecule has 3 rings (SSSR count). The first-order valence-electron chi connectivity index (χ1n) is 7.84. The molecule has 2 N–H and O–H groups in total. The van der Waals surface area contributed by atoms with Crippen molar-refractivity contribution in [2.75, 3.05) is 13.2 Å². The molecule has 2 aromatic rings. The Bertz CT molecular complexity index is 808. The van der Waals surface area contributed by atoms with Gasteiger partial charge < -0.3 is 19.8 Å². The maximum atomic E-state index is 12.4. The molecule has 1 aliphatic heterocycles. The summed E-state index contributed by atoms with van der Waals surface area (Å²) in [6.45, 7) is 6.51. The van der Waals surface area contributed by atoms with Crippen molar-refractivity contribution in [1.29, 1.82) is 0 Å². The van der Waals surface area contributed by atoms with E-state index in [-0.39, 0.29) is 11.7 Å². The topological polar surface area (TPSA) is 80.4 Å². The summed E-state index contributed by atoms with van der Waals surface area (Å²) in [6.07, 6.45) is 0. The summed E-state index contributed by atoms with van der Waals surface area (Å²) in [7, 11) is 0. The normalized spacial score (nSPS) is 12.8. The maximum absolute atomic E-state index is 12.4. The second kappa shape index (κ2) is 6.39. The SMILES string of the molecule is CC(=O)c1c(C)[nH]c(C(=O)NCc2ccc3c(c2)OCCO3)c1C. The summed E-state index contributed by atoms with van der Waals surface area (Å²) < 4.78 is 11.0. The molecule has 126 valence electrons. The van der Waals surface area contributed by atoms with Gasteiger partial charge in [-0.25, -0.2) is 0 Å². The number of carbonyl (C=O) groups is 2. The first-order chi connectivity index (χ1) is 11.5. The van der Waals surface area contributed by atoms with E-state index < -0.39 is 0 Å². The monoisotopic (exact) mass is 328 g/mol. The zero-order chi connectivity index (χ0) is 17.3. The maximum Gasteiger partial charge on any atom is 0.268 e. The zero-order valence-electron chi connectivity index (χ0n) is 14.0. The number of nitrogens with one attached hydrogen (secondary N) is 2. The number of carbonyl (C=O) groups excluding carboxylic acids is 2. The van der Waals surface area contributed by atoms with Gasteiger partial charge in [-0.3, -0.25) is 9.59 Å². The van der Waals surface area contributed by atoms with Crippen molar-refractivity contribution in [2.45, 2.75) is 27.3 Å². The molecule has 6 nitrogen and oxygen atoms in total. The molecule has 1 aliphatic rings. The lowest BCUT2D eigenvalue weighted by molar-refractivity contribution is 0.0945. The van der Waals surface area contributed by atoms with Gasteiger partial charge in [0.2, 0.25) is 0 Å². The van der Waals surface area contributed by atoms with Gasteiger partial charge in [-0.1, -0.05) is 6.07 Å². The average Bonchev–Trinajstić information content (AvgIpc) is 2.87. The van der Waals surface area contributed by atoms with Gasteiger partial charge in [0, 0.05) is 17.8 Å². The minimum atomic E-state index is -0.238. The van der Waals surface area contributed by atoms with Crippen LogP contribution in [0.2, 0.25) is 0 Å². The Kier molecular flexibility index (Phi) is 4.29. The van der Waals surface area contributed by atoms with Crippen molar-refractivity contribution in [3.05, 3.63) is 46.3 Å². The highest BCUT2D eigenvalue weighted by Gasteiger charge is 2.19. The largest absolute Gasteiger partial charge is 0.486 e. The molecule has 0 saturated carbocycles. The number of aromatic nitrogens is 1. The summed E-state index contributed by atoms with van der Waals surface area (Å²) in [5.74, 6) is 1.13. The molecule has 24 heavy (non-hydrogen) atoms. The molecule has 0 unspecified atom stereocenters. The number of rotatable bonds is 4. The van der Waals surface area contributed by atoms with E-state index >= 15 is 0 Å². The van der Waals surface area contributed by atoms with Gasteiger partial charge in [-0.15, -0.1) is 0 Å². The number of hydrogen-bond donors (Lipinski definition) is 2. The van der Waals surface area contributed by atoms with Gasteiger partial charge in [-0.2, -0.15) is 0 Å². The standard InChI is InChI=1S/C18H20N2O4/c1-10-16(12(3)21)11(2)20-17(10)18(22)19-9-13-4-5-14-15(8-13)24-7-6-23-14/h4-5,8,20H,6-7,9H2,1-3H3,(H,19,22). The van der Waals surface area contributed by atoms with E-state index in [1.54, 1.807) is 13.8 Å². The number of ketones is 1. The number of hydrogen-bond acceptors (Lipinski definition) is 4. The van der Waals surface area contributed by atoms with Crippen molar-refractivity contribution in [3.63, 3.8) is 0 Å². The van der Waals surface area contributed by atoms with Crippen LogP contribution in [0.1, 0.15) is 44.6 Å². The Morgan fingerprint density at radius 3 is 2.54 bits per heavy atom. The lowest BCUT2D eigenvalue weighted by atomic mass is 10.1. The molecule has 1 aromatic carbocycles. The first-order valence-corrected chi connectivity index (χ1v) is 7.84. The van der Waals surface area contributed by atoms with Gasteiger partial charge >= 0.3 is 0 Å². The number of H-pyrrole nitrogens is 1. The number of benzene rings is 1. The van der Waals surface area contributed by atoms with Crippen LogP contribution in [0.4, 0.5) is 0 Å². The Morgan fingerprint density at radius 1 is 1.17 bits per heavy atom. The molecular weight excluding hydrogens is 308 g/mol. The smallest absolute Gasteiger partial charge is 0.268 e. The van der Waals surface area contributed by atoms with E-state index in [0.717, 1.165) is 11.3 Å². The minimum absolute atomic E-state index is 0.0489. The Morgan fingerprint density at radius 2 is 1.88 bits per heavy atom. The average molecular weight is 328 g/mol. The van der Waals surface area contributed by atoms with Gasteiger partial charge in [0.05, 0.1) is 0 Å². The fourth-order valence-electron chi connectivity index (χ4n) is 2.97. The molecule has 0 fully saturated rings. The second-order valence-electron chi connectivity index (χ2n) is 5.84. The van der Waals surface area contributed by atoms with Crippen molar-refractivity contribution in [2.24, 2.45) is 0 Å². The van der Waals surface area contributed by atoms with Crippen LogP contribution in [0.15, 0.2) is 18.2 Å². The lowest BCUT2D eigenvalue weighted by Gasteiger charge is -2.19. The van der Waals surface area contributed by atoms with Crippen molar-refractivity contribution < 1.29 is 19.1 Å². The van der Waals surface area contributed by atoms with Crippen LogP contribution >= 0.6 is 0 Å². The number of amides is 1. The van der Waals surface area contributed by atoms with Crippen LogP contribution in [0.3, 0.4) is 0 Å². The lowest BCUT2D eigenvalue weighted by Crippen LogP contribution is -2.24. The third-order valence-electron chi connectivity index (χ3n) is 4.08. The van der Waals surface area contributed by atoms with E-state index in [2.05, 4.69) is 10.3 Å². The molecular formula is C18H20N2O4. The molecule has 0 radical (unpaired) electrons. The van der Waals surface area contributed by atoms with E-state index in [1.807, 2.05) is 18.2 Å². The highest BCUT2D eigenvalue weighted by Crippen LogP contribution is 2.30. The van der Waals surface area contributed by atoms with Crippen LogP contribution < -0.4 is 14.8 Å². The van der Waals surface area contributed by atoms with Crippen LogP contribution in [0.5, 0.6) is 11.5 Å². The molecule has 0 atom stereocenters. The summed E-state index contributed by atoms with van der Waals surface area (Å²) in [4.78, 5) is 27.1. The summed E-state index contributed by atoms with van der Waals surface area (Å²) >= 11 is 0. The number of ether oxygens (including phenoxy) is 2. The van der Waals surface area contributed by atoms with Gasteiger partial charge in [0.15, 0.2) is 17.3 Å². The minimum Gasteiger partial charge on any atom is -0.486 e. The Hall–Kier alpha value is -2.76. The van der Waals surface area contributed by atoms with Crippen LogP contribution in [-0.4, -0.2) is 29.9 Å². The van der Waals surface area contributed by atoms with Gasteiger partial charge in [-0.05, 0) is 44.0 Å². The Labute approximate surface area is 140 Å². The molecule has 1 aromatic heterocycles. The number of aryl methyl sites for hydroxylation is 1. The summed E-state index contributed by atoms with van der Waals surface area (Å²) in [6, 6.07) is 5.60. The fraction of sp³-hybridized carbons (Fsp3) is 0.333. The molecule has 0 aliphatic carbocycles. The molecule has 1 amide bonds. The summed E-state index contributed by atoms with van der Waals surface area (Å²) in [5, 5.41) is 2.86. The van der Waals surface area contributed by atoms with Crippen molar-refractivity contribution >= 4 is 11.7 Å². The highest BCUT2D eigenvalue weighted by molar-refractivity contribution is 6.02. The van der Waals surface area contributed by atoms with Gasteiger partial charge in [0.1, 0.15) is 18.9 Å². The third kappa shape index (κ3) is 2.99. The quantitative estimate of drug-likeness (QED) is 0.845. The molecule has 0 saturated heterocycles. The summed E-state index contributed by atoms with van der Waals surface area (Å²) in [5.41, 5.74) is 3.32. The van der Waals surface area contributed by atoms with Crippen molar-refractivity contribution in [1.82, 2.24) is 10.3 Å². The molecule has 0 bridgehead atoms. The third-order valence-corrected chi connectivity index (χ3v) is 4.08. The van der Waals surface area contributed by atoms with E-state index in [9.17, 15) is 9.59 Å². The Balaban J connectivity index is 1.72. The van der Waals surface area contributed by atoms with E-state index in [1.165, 1.54) is 6.92 Å². The molecule has 6 heteroatoms. The predicted molar refractivity (Wildman–Crippen MR) is 88.9 cm³/mol. The number of fused-ring (bicyclic) bond motifs is 1. The molecule has 0 spiro atoms. The van der Waals surface area contributed by atoms with E-state index in [4.69, 9.17) is 9.47 Å².